The van der Waals surface area contributed by atoms with Crippen molar-refractivity contribution in [3.8, 4) is 0 Å². The lowest BCUT2D eigenvalue weighted by atomic mass is 10.1. The molecule has 0 bridgehead atoms. The van der Waals surface area contributed by atoms with Gasteiger partial charge in [0.25, 0.3) is 0 Å². The number of aromatic nitrogens is 1. The van der Waals surface area contributed by atoms with Crippen LogP contribution < -0.4 is 5.73 Å². The van der Waals surface area contributed by atoms with Crippen LogP contribution in [0.15, 0.2) is 48.5 Å². The summed E-state index contributed by atoms with van der Waals surface area (Å²) in [5.41, 5.74) is 8.47. The van der Waals surface area contributed by atoms with E-state index >= 15 is 0 Å². The molecule has 3 N–H and O–H groups in total. The largest absolute Gasteiger partial charge is 0.384 e. The molecule has 0 spiro atoms. The Morgan fingerprint density at radius 3 is 2.71 bits per heavy atom. The van der Waals surface area contributed by atoms with Crippen LogP contribution in [-0.2, 0) is 6.54 Å². The fourth-order valence-electron chi connectivity index (χ4n) is 2.84. The summed E-state index contributed by atoms with van der Waals surface area (Å²) in [5, 5.41) is 8.26. The summed E-state index contributed by atoms with van der Waals surface area (Å²) in [6.07, 6.45) is 0.381. The van der Waals surface area contributed by atoms with Crippen LogP contribution in [0.25, 0.3) is 10.9 Å². The lowest BCUT2D eigenvalue weighted by molar-refractivity contribution is 0.0980. The van der Waals surface area contributed by atoms with Crippen molar-refractivity contribution in [3.05, 3.63) is 71.2 Å². The van der Waals surface area contributed by atoms with E-state index in [1.165, 1.54) is 12.1 Å². The van der Waals surface area contributed by atoms with Crippen LogP contribution in [0, 0.1) is 11.2 Å². The third-order valence-electron chi connectivity index (χ3n) is 4.05. The van der Waals surface area contributed by atoms with Crippen molar-refractivity contribution >= 4 is 22.5 Å². The third kappa shape index (κ3) is 2.93. The Morgan fingerprint density at radius 1 is 1.21 bits per heavy atom. The van der Waals surface area contributed by atoms with E-state index in [-0.39, 0.29) is 17.4 Å². The van der Waals surface area contributed by atoms with Gasteiger partial charge in [-0.1, -0.05) is 25.1 Å². The van der Waals surface area contributed by atoms with Crippen LogP contribution in [0.4, 0.5) is 4.39 Å². The second-order valence-electron chi connectivity index (χ2n) is 5.71. The number of fused-ring (bicyclic) bond motifs is 1. The first-order chi connectivity index (χ1) is 11.5. The summed E-state index contributed by atoms with van der Waals surface area (Å²) in [7, 11) is 0. The second kappa shape index (κ2) is 6.28. The number of carbonyl (C=O) groups excluding carboxylic acids is 1. The number of amidine groups is 1. The van der Waals surface area contributed by atoms with Crippen molar-refractivity contribution < 1.29 is 9.18 Å². The molecule has 0 saturated carbocycles. The first kappa shape index (κ1) is 15.9. The van der Waals surface area contributed by atoms with Crippen molar-refractivity contribution in [1.82, 2.24) is 4.57 Å². The Bertz CT molecular complexity index is 943. The quantitative estimate of drug-likeness (QED) is 0.427. The first-order valence-corrected chi connectivity index (χ1v) is 7.75. The summed E-state index contributed by atoms with van der Waals surface area (Å²) < 4.78 is 15.4. The molecule has 24 heavy (non-hydrogen) atoms. The van der Waals surface area contributed by atoms with E-state index in [1.54, 1.807) is 25.1 Å². The molecule has 5 heteroatoms. The summed E-state index contributed by atoms with van der Waals surface area (Å²) in [5.74, 6) is -0.316. The Balaban J connectivity index is 2.12. The number of carbonyl (C=O) groups is 1. The number of nitrogen functional groups attached to an aromatic ring is 1. The standard InChI is InChI=1S/C19H18FN3O/c1-2-18(24)17-10-14-9-15(20)6-7-16(14)23(17)11-12-4-3-5-13(8-12)19(21)22/h3-10H,2,11H2,1H3,(H3,21,22). The number of Topliss-reactive ketones (excluding diaryl/α,β-unsaturated/α-hetero) is 1. The zero-order valence-corrected chi connectivity index (χ0v) is 13.3. The van der Waals surface area contributed by atoms with Crippen LogP contribution in [-0.4, -0.2) is 16.2 Å². The molecular formula is C19H18FN3O. The summed E-state index contributed by atoms with van der Waals surface area (Å²) >= 11 is 0. The zero-order valence-electron chi connectivity index (χ0n) is 13.3. The molecule has 1 heterocycles. The molecule has 1 aromatic heterocycles. The van der Waals surface area contributed by atoms with Crippen molar-refractivity contribution in [2.75, 3.05) is 0 Å². The molecule has 3 rings (SSSR count). The van der Waals surface area contributed by atoms with Crippen LogP contribution in [0.3, 0.4) is 0 Å². The van der Waals surface area contributed by atoms with Crippen molar-refractivity contribution in [1.29, 1.82) is 5.41 Å². The van der Waals surface area contributed by atoms with Gasteiger partial charge in [-0.2, -0.15) is 0 Å². The minimum absolute atomic E-state index is 0.00106. The van der Waals surface area contributed by atoms with Crippen molar-refractivity contribution in [3.63, 3.8) is 0 Å². The summed E-state index contributed by atoms with van der Waals surface area (Å²) in [4.78, 5) is 12.3. The minimum atomic E-state index is -0.325. The predicted octanol–water partition coefficient (Wildman–Crippen LogP) is 3.71. The Morgan fingerprint density at radius 2 is 2.00 bits per heavy atom. The molecule has 0 aliphatic carbocycles. The van der Waals surface area contributed by atoms with Gasteiger partial charge in [0, 0.05) is 29.4 Å². The van der Waals surface area contributed by atoms with Gasteiger partial charge in [0.2, 0.25) is 0 Å². The number of nitrogens with one attached hydrogen (secondary N) is 1. The average molecular weight is 323 g/mol. The SMILES string of the molecule is CCC(=O)c1cc2cc(F)ccc2n1Cc1cccc(C(=N)N)c1. The normalized spacial score (nSPS) is 10.9. The van der Waals surface area contributed by atoms with Gasteiger partial charge in [0.1, 0.15) is 11.7 Å². The van der Waals surface area contributed by atoms with Gasteiger partial charge in [-0.15, -0.1) is 0 Å². The number of benzene rings is 2. The smallest absolute Gasteiger partial charge is 0.178 e. The molecule has 0 fully saturated rings. The molecule has 0 atom stereocenters. The molecule has 0 radical (unpaired) electrons. The maximum Gasteiger partial charge on any atom is 0.178 e. The van der Waals surface area contributed by atoms with E-state index < -0.39 is 0 Å². The number of hydrogen-bond acceptors (Lipinski definition) is 2. The molecule has 0 amide bonds. The van der Waals surface area contributed by atoms with Gasteiger partial charge < -0.3 is 10.3 Å². The Kier molecular flexibility index (Phi) is 4.16. The molecule has 2 aromatic carbocycles. The van der Waals surface area contributed by atoms with Crippen LogP contribution >= 0.6 is 0 Å². The molecule has 0 unspecified atom stereocenters. The van der Waals surface area contributed by atoms with Gasteiger partial charge in [0.15, 0.2) is 5.78 Å². The highest BCUT2D eigenvalue weighted by molar-refractivity contribution is 6.00. The molecule has 0 saturated heterocycles. The number of halogens is 1. The van der Waals surface area contributed by atoms with E-state index in [9.17, 15) is 9.18 Å². The number of nitrogens with zero attached hydrogens (tertiary/aromatic N) is 1. The Hall–Kier alpha value is -2.95. The highest BCUT2D eigenvalue weighted by Gasteiger charge is 2.15. The summed E-state index contributed by atoms with van der Waals surface area (Å²) in [6, 6.07) is 13.6. The van der Waals surface area contributed by atoms with Crippen LogP contribution in [0.1, 0.15) is 35.0 Å². The first-order valence-electron chi connectivity index (χ1n) is 7.75. The predicted molar refractivity (Wildman–Crippen MR) is 93.1 cm³/mol. The van der Waals surface area contributed by atoms with Crippen molar-refractivity contribution in [2.45, 2.75) is 19.9 Å². The Labute approximate surface area is 139 Å². The van der Waals surface area contributed by atoms with E-state index in [0.29, 0.717) is 29.6 Å². The minimum Gasteiger partial charge on any atom is -0.384 e. The van der Waals surface area contributed by atoms with Crippen LogP contribution in [0.5, 0.6) is 0 Å². The summed E-state index contributed by atoms with van der Waals surface area (Å²) in [6.45, 7) is 2.26. The molecule has 0 aliphatic heterocycles. The van der Waals surface area contributed by atoms with Gasteiger partial charge in [-0.05, 0) is 35.9 Å². The molecule has 122 valence electrons. The van der Waals surface area contributed by atoms with Crippen LogP contribution in [0.2, 0.25) is 0 Å². The van der Waals surface area contributed by atoms with E-state index in [4.69, 9.17) is 11.1 Å². The van der Waals surface area contributed by atoms with Gasteiger partial charge in [-0.3, -0.25) is 10.2 Å². The lowest BCUT2D eigenvalue weighted by Crippen LogP contribution is -2.13. The molecule has 0 aliphatic rings. The van der Waals surface area contributed by atoms with E-state index in [0.717, 1.165) is 11.1 Å². The van der Waals surface area contributed by atoms with Gasteiger partial charge in [-0.25, -0.2) is 4.39 Å². The number of nitrogens with two attached hydrogens (primary N) is 1. The average Bonchev–Trinajstić information content (AvgIpc) is 2.92. The monoisotopic (exact) mass is 323 g/mol. The maximum absolute atomic E-state index is 13.5. The fourth-order valence-corrected chi connectivity index (χ4v) is 2.84. The topological polar surface area (TPSA) is 71.9 Å². The van der Waals surface area contributed by atoms with E-state index in [2.05, 4.69) is 0 Å². The fraction of sp³-hybridized carbons (Fsp3) is 0.158. The highest BCUT2D eigenvalue weighted by Crippen LogP contribution is 2.23. The second-order valence-corrected chi connectivity index (χ2v) is 5.71. The number of rotatable bonds is 5. The van der Waals surface area contributed by atoms with E-state index in [1.807, 2.05) is 22.8 Å². The molecular weight excluding hydrogens is 305 g/mol. The van der Waals surface area contributed by atoms with Gasteiger partial charge in [0.05, 0.1) is 5.69 Å². The highest BCUT2D eigenvalue weighted by atomic mass is 19.1. The molecule has 3 aromatic rings. The zero-order chi connectivity index (χ0) is 17.3. The maximum atomic E-state index is 13.5. The molecule has 4 nitrogen and oxygen atoms in total. The number of hydrogen-bond donors (Lipinski definition) is 2. The number of ketones is 1. The van der Waals surface area contributed by atoms with Crippen molar-refractivity contribution in [2.24, 2.45) is 5.73 Å². The lowest BCUT2D eigenvalue weighted by Gasteiger charge is -2.11. The third-order valence-corrected chi connectivity index (χ3v) is 4.05. The van der Waals surface area contributed by atoms with Gasteiger partial charge >= 0.3 is 0 Å².